The first-order valence-electron chi connectivity index (χ1n) is 1.75. The maximum Gasteiger partial charge on any atom is 0.224 e. The Bertz CT molecular complexity index is 31.9. The Morgan fingerprint density at radius 1 is 1.60 bits per heavy atom. The Labute approximate surface area is 30.6 Å². The first-order chi connectivity index (χ1) is 2.43. The van der Waals surface area contributed by atoms with Gasteiger partial charge in [-0.3, -0.25) is 0 Å². The minimum atomic E-state index is 0.134. The van der Waals surface area contributed by atoms with E-state index >= 15 is 0 Å². The van der Waals surface area contributed by atoms with E-state index in [4.69, 9.17) is 0 Å². The minimum absolute atomic E-state index is 0.134. The molecule has 0 radical (unpaired) electrons. The van der Waals surface area contributed by atoms with E-state index in [-0.39, 0.29) is 6.29 Å². The van der Waals surface area contributed by atoms with Crippen LogP contribution < -0.4 is 0 Å². The molecule has 1 aliphatic heterocycles. The maximum atomic E-state index is 4.36. The van der Waals surface area contributed by atoms with E-state index in [1.807, 2.05) is 6.92 Å². The molecule has 0 aromatic carbocycles. The molecule has 2 heteroatoms. The van der Waals surface area contributed by atoms with Gasteiger partial charge in [0, 0.05) is 6.42 Å². The van der Waals surface area contributed by atoms with E-state index < -0.39 is 0 Å². The summed E-state index contributed by atoms with van der Waals surface area (Å²) in [6.07, 6.45) is 1.11. The molecule has 1 saturated heterocycles. The normalized spacial score (nSPS) is 23.4. The fourth-order valence-electron chi connectivity index (χ4n) is 0.175. The highest BCUT2D eigenvalue weighted by Crippen LogP contribution is 2.13. The molecule has 0 aromatic heterocycles. The fraction of sp³-hybridized carbons (Fsp3) is 1.00. The van der Waals surface area contributed by atoms with Gasteiger partial charge in [-0.25, -0.2) is 0 Å². The molecule has 0 atom stereocenters. The Kier molecular flexibility index (Phi) is 0.596. The molecule has 1 heterocycles. The van der Waals surface area contributed by atoms with E-state index in [0.29, 0.717) is 0 Å². The van der Waals surface area contributed by atoms with Crippen molar-refractivity contribution >= 4 is 0 Å². The molecule has 0 spiro atoms. The quantitative estimate of drug-likeness (QED) is 0.337. The van der Waals surface area contributed by atoms with Crippen LogP contribution in [0.2, 0.25) is 0 Å². The molecule has 2 nitrogen and oxygen atoms in total. The molecule has 1 aliphatic rings. The zero-order chi connectivity index (χ0) is 3.70. The monoisotopic (exact) mass is 74.0 g/mol. The molecule has 1 rings (SSSR count). The average Bonchev–Trinajstić information content (AvgIpc) is 2.12. The second kappa shape index (κ2) is 0.954. The van der Waals surface area contributed by atoms with Crippen molar-refractivity contribution in [2.45, 2.75) is 19.6 Å². The number of hydrogen-bond donors (Lipinski definition) is 0. The Hall–Kier alpha value is -0.0800. The van der Waals surface area contributed by atoms with Crippen molar-refractivity contribution in [2.24, 2.45) is 0 Å². The van der Waals surface area contributed by atoms with Gasteiger partial charge in [0.2, 0.25) is 6.29 Å². The average molecular weight is 74.1 g/mol. The van der Waals surface area contributed by atoms with Gasteiger partial charge in [0.25, 0.3) is 0 Å². The fourth-order valence-corrected chi connectivity index (χ4v) is 0.175. The van der Waals surface area contributed by atoms with Crippen molar-refractivity contribution in [2.75, 3.05) is 0 Å². The van der Waals surface area contributed by atoms with Gasteiger partial charge in [0.05, 0.1) is 0 Å². The van der Waals surface area contributed by atoms with Crippen molar-refractivity contribution < 1.29 is 9.78 Å². The van der Waals surface area contributed by atoms with Crippen LogP contribution in [0.1, 0.15) is 13.3 Å². The summed E-state index contributed by atoms with van der Waals surface area (Å²) >= 11 is 0. The molecule has 5 heavy (non-hydrogen) atoms. The van der Waals surface area contributed by atoms with Gasteiger partial charge >= 0.3 is 0 Å². The van der Waals surface area contributed by atoms with Crippen LogP contribution in [0.25, 0.3) is 0 Å². The lowest BCUT2D eigenvalue weighted by atomic mass is 10.5. The molecule has 0 aromatic rings. The summed E-state index contributed by atoms with van der Waals surface area (Å²) in [7, 11) is 0. The molecular weight excluding hydrogens is 68.0 g/mol. The maximum absolute atomic E-state index is 4.36. The lowest BCUT2D eigenvalue weighted by Crippen LogP contribution is -1.72. The molecule has 1 fully saturated rings. The van der Waals surface area contributed by atoms with Crippen molar-refractivity contribution in [3.63, 3.8) is 0 Å². The predicted molar refractivity (Wildman–Crippen MR) is 16.2 cm³/mol. The van der Waals surface area contributed by atoms with Crippen LogP contribution >= 0.6 is 0 Å². The Morgan fingerprint density at radius 3 is 2.20 bits per heavy atom. The SMILES string of the molecule is CCC1OO1. The van der Waals surface area contributed by atoms with Crippen molar-refractivity contribution in [1.29, 1.82) is 0 Å². The highest BCUT2D eigenvalue weighted by Gasteiger charge is 2.21. The zero-order valence-electron chi connectivity index (χ0n) is 3.10. The minimum Gasteiger partial charge on any atom is -0.199 e. The molecule has 0 amide bonds. The smallest absolute Gasteiger partial charge is 0.199 e. The third-order valence-electron chi connectivity index (χ3n) is 0.566. The van der Waals surface area contributed by atoms with Gasteiger partial charge < -0.3 is 0 Å². The van der Waals surface area contributed by atoms with Gasteiger partial charge in [-0.05, 0) is 0 Å². The third-order valence-corrected chi connectivity index (χ3v) is 0.566. The topological polar surface area (TPSA) is 25.1 Å². The highest BCUT2D eigenvalue weighted by molar-refractivity contribution is 4.37. The number of rotatable bonds is 1. The molecule has 0 N–H and O–H groups in total. The van der Waals surface area contributed by atoms with Crippen LogP contribution in [0.5, 0.6) is 0 Å². The lowest BCUT2D eigenvalue weighted by Gasteiger charge is -1.62. The summed E-state index contributed by atoms with van der Waals surface area (Å²) in [4.78, 5) is 8.72. The Balaban J connectivity index is 2.00. The highest BCUT2D eigenvalue weighted by atomic mass is 17.4. The zero-order valence-corrected chi connectivity index (χ0v) is 3.10. The molecule has 0 bridgehead atoms. The van der Waals surface area contributed by atoms with Crippen LogP contribution in [-0.2, 0) is 9.78 Å². The van der Waals surface area contributed by atoms with Crippen molar-refractivity contribution in [1.82, 2.24) is 0 Å². The first kappa shape index (κ1) is 3.12. The van der Waals surface area contributed by atoms with E-state index in [0.717, 1.165) is 6.42 Å². The first-order valence-corrected chi connectivity index (χ1v) is 1.75. The van der Waals surface area contributed by atoms with Gasteiger partial charge in [-0.15, -0.1) is 0 Å². The molecule has 0 aliphatic carbocycles. The van der Waals surface area contributed by atoms with Crippen LogP contribution in [0.3, 0.4) is 0 Å². The van der Waals surface area contributed by atoms with Gasteiger partial charge in [-0.2, -0.15) is 9.78 Å². The largest absolute Gasteiger partial charge is 0.224 e. The lowest BCUT2D eigenvalue weighted by molar-refractivity contribution is 0.0850. The number of hydrogen-bond acceptors (Lipinski definition) is 2. The van der Waals surface area contributed by atoms with Crippen LogP contribution in [0, 0.1) is 0 Å². The summed E-state index contributed by atoms with van der Waals surface area (Å²) < 4.78 is 0. The van der Waals surface area contributed by atoms with Gasteiger partial charge in [0.1, 0.15) is 0 Å². The summed E-state index contributed by atoms with van der Waals surface area (Å²) in [5.74, 6) is 0. The van der Waals surface area contributed by atoms with Crippen molar-refractivity contribution in [3.8, 4) is 0 Å². The standard InChI is InChI=1S/C3H6O2/c1-2-3-4-5-3/h3H,2H2,1H3. The van der Waals surface area contributed by atoms with Crippen LogP contribution in [-0.4, -0.2) is 6.29 Å². The van der Waals surface area contributed by atoms with Crippen LogP contribution in [0.4, 0.5) is 0 Å². The van der Waals surface area contributed by atoms with E-state index in [1.165, 1.54) is 0 Å². The summed E-state index contributed by atoms with van der Waals surface area (Å²) in [6, 6.07) is 0. The van der Waals surface area contributed by atoms with Gasteiger partial charge in [-0.1, -0.05) is 6.92 Å². The van der Waals surface area contributed by atoms with Gasteiger partial charge in [0.15, 0.2) is 0 Å². The van der Waals surface area contributed by atoms with Crippen molar-refractivity contribution in [3.05, 3.63) is 0 Å². The summed E-state index contributed by atoms with van der Waals surface area (Å²) in [6.45, 7) is 2.01. The molecule has 30 valence electrons. The predicted octanol–water partition coefficient (Wildman–Crippen LogP) is 0.684. The summed E-state index contributed by atoms with van der Waals surface area (Å²) in [5, 5.41) is 0. The molecule has 0 unspecified atom stereocenters. The van der Waals surface area contributed by atoms with E-state index in [2.05, 4.69) is 9.78 Å². The van der Waals surface area contributed by atoms with Crippen LogP contribution in [0.15, 0.2) is 0 Å². The van der Waals surface area contributed by atoms with E-state index in [9.17, 15) is 0 Å². The molecular formula is C3H6O2. The Morgan fingerprint density at radius 2 is 2.20 bits per heavy atom. The second-order valence-corrected chi connectivity index (χ2v) is 1.03. The summed E-state index contributed by atoms with van der Waals surface area (Å²) in [5.41, 5.74) is 0. The van der Waals surface area contributed by atoms with E-state index in [1.54, 1.807) is 0 Å². The second-order valence-electron chi connectivity index (χ2n) is 1.03. The molecule has 0 saturated carbocycles. The third kappa shape index (κ3) is 0.597.